The van der Waals surface area contributed by atoms with Crippen molar-refractivity contribution in [2.45, 2.75) is 63.9 Å². The summed E-state index contributed by atoms with van der Waals surface area (Å²) in [7, 11) is 0. The second-order valence-corrected chi connectivity index (χ2v) is 6.98. The first-order valence-electron chi connectivity index (χ1n) is 9.00. The van der Waals surface area contributed by atoms with Gasteiger partial charge in [-0.3, -0.25) is 5.32 Å². The number of rotatable bonds is 4. The summed E-state index contributed by atoms with van der Waals surface area (Å²) in [6, 6.07) is 2.32. The van der Waals surface area contributed by atoms with Gasteiger partial charge in [-0.2, -0.15) is 0 Å². The summed E-state index contributed by atoms with van der Waals surface area (Å²) < 4.78 is 10.3. The van der Waals surface area contributed by atoms with Gasteiger partial charge < -0.3 is 9.47 Å². The number of esters is 1. The molecule has 0 aliphatic heterocycles. The molecule has 0 bridgehead atoms. The number of carbonyl (C=O) groups excluding carboxylic acids is 2. The number of hydrogen-bond donors (Lipinski definition) is 1. The minimum absolute atomic E-state index is 0.0184. The summed E-state index contributed by atoms with van der Waals surface area (Å²) in [4.78, 5) is 23.8. The Bertz CT molecular complexity index is 646. The van der Waals surface area contributed by atoms with Crippen molar-refractivity contribution in [1.29, 1.82) is 0 Å². The van der Waals surface area contributed by atoms with Crippen LogP contribution in [0.5, 0.6) is 0 Å². The molecule has 1 aromatic carbocycles. The molecule has 3 aliphatic rings. The van der Waals surface area contributed by atoms with Gasteiger partial charge in [0, 0.05) is 0 Å². The molecule has 0 spiro atoms. The summed E-state index contributed by atoms with van der Waals surface area (Å²) in [6.45, 7) is -0.320. The maximum Gasteiger partial charge on any atom is 0.412 e. The number of hydrogen-bond acceptors (Lipinski definition) is 4. The Morgan fingerprint density at radius 3 is 2.25 bits per heavy atom. The SMILES string of the molecule is O=C(COC(=O)Nc1c2c(cc3c1CCC3)CCC2)OC1CCC1. The van der Waals surface area contributed by atoms with Crippen molar-refractivity contribution in [3.63, 3.8) is 0 Å². The number of amides is 1. The summed E-state index contributed by atoms with van der Waals surface area (Å²) in [5.41, 5.74) is 6.16. The number of fused-ring (bicyclic) bond motifs is 2. The molecule has 1 N–H and O–H groups in total. The van der Waals surface area contributed by atoms with Crippen LogP contribution in [0.2, 0.25) is 0 Å². The molecule has 4 rings (SSSR count). The molecule has 1 amide bonds. The fraction of sp³-hybridized carbons (Fsp3) is 0.579. The van der Waals surface area contributed by atoms with Crippen LogP contribution in [0.15, 0.2) is 6.07 Å². The highest BCUT2D eigenvalue weighted by atomic mass is 16.6. The first kappa shape index (κ1) is 15.5. The van der Waals surface area contributed by atoms with Crippen molar-refractivity contribution < 1.29 is 19.1 Å². The van der Waals surface area contributed by atoms with Gasteiger partial charge in [0.25, 0.3) is 0 Å². The molecule has 0 unspecified atom stereocenters. The Labute approximate surface area is 141 Å². The average molecular weight is 329 g/mol. The van der Waals surface area contributed by atoms with Gasteiger partial charge in [0.15, 0.2) is 6.61 Å². The molecule has 0 aromatic heterocycles. The second-order valence-electron chi connectivity index (χ2n) is 6.98. The van der Waals surface area contributed by atoms with E-state index in [0.29, 0.717) is 0 Å². The van der Waals surface area contributed by atoms with Gasteiger partial charge >= 0.3 is 12.1 Å². The molecule has 0 saturated heterocycles. The molecule has 3 aliphatic carbocycles. The van der Waals surface area contributed by atoms with Gasteiger partial charge in [0.1, 0.15) is 6.10 Å². The molecule has 1 fully saturated rings. The van der Waals surface area contributed by atoms with Gasteiger partial charge in [-0.15, -0.1) is 0 Å². The van der Waals surface area contributed by atoms with Crippen LogP contribution in [0.3, 0.4) is 0 Å². The van der Waals surface area contributed by atoms with Gasteiger partial charge in [-0.05, 0) is 80.0 Å². The van der Waals surface area contributed by atoms with E-state index in [-0.39, 0.29) is 12.7 Å². The summed E-state index contributed by atoms with van der Waals surface area (Å²) in [5, 5.41) is 2.91. The van der Waals surface area contributed by atoms with Crippen LogP contribution >= 0.6 is 0 Å². The molecule has 128 valence electrons. The Balaban J connectivity index is 1.40. The number of ether oxygens (including phenoxy) is 2. The zero-order valence-electron chi connectivity index (χ0n) is 13.9. The largest absolute Gasteiger partial charge is 0.460 e. The highest BCUT2D eigenvalue weighted by molar-refractivity contribution is 5.89. The van der Waals surface area contributed by atoms with Gasteiger partial charge in [-0.1, -0.05) is 6.07 Å². The van der Waals surface area contributed by atoms with E-state index in [1.54, 1.807) is 0 Å². The molecule has 5 heteroatoms. The molecular weight excluding hydrogens is 306 g/mol. The lowest BCUT2D eigenvalue weighted by Gasteiger charge is -2.24. The van der Waals surface area contributed by atoms with Gasteiger partial charge in [0.05, 0.1) is 5.69 Å². The highest BCUT2D eigenvalue weighted by Crippen LogP contribution is 2.38. The minimum Gasteiger partial charge on any atom is -0.460 e. The van der Waals surface area contributed by atoms with Crippen LogP contribution in [-0.2, 0) is 40.0 Å². The number of benzene rings is 1. The molecule has 1 aromatic rings. The first-order chi connectivity index (χ1) is 11.7. The van der Waals surface area contributed by atoms with Crippen LogP contribution < -0.4 is 5.32 Å². The lowest BCUT2D eigenvalue weighted by molar-refractivity contribution is -0.156. The lowest BCUT2D eigenvalue weighted by atomic mass is 9.96. The zero-order chi connectivity index (χ0) is 16.5. The van der Waals surface area contributed by atoms with Crippen LogP contribution in [0, 0.1) is 0 Å². The Kier molecular flexibility index (Phi) is 4.17. The van der Waals surface area contributed by atoms with Crippen molar-refractivity contribution in [2.24, 2.45) is 0 Å². The monoisotopic (exact) mass is 329 g/mol. The number of carbonyl (C=O) groups is 2. The third-order valence-electron chi connectivity index (χ3n) is 5.37. The van der Waals surface area contributed by atoms with E-state index in [0.717, 1.165) is 63.5 Å². The van der Waals surface area contributed by atoms with Crippen LogP contribution in [0.1, 0.15) is 54.4 Å². The van der Waals surface area contributed by atoms with E-state index in [9.17, 15) is 9.59 Å². The zero-order valence-corrected chi connectivity index (χ0v) is 13.9. The van der Waals surface area contributed by atoms with Crippen molar-refractivity contribution in [2.75, 3.05) is 11.9 Å². The maximum atomic E-state index is 12.1. The van der Waals surface area contributed by atoms with Crippen molar-refractivity contribution in [3.8, 4) is 0 Å². The predicted molar refractivity (Wildman–Crippen MR) is 89.2 cm³/mol. The first-order valence-corrected chi connectivity index (χ1v) is 9.00. The minimum atomic E-state index is -0.560. The van der Waals surface area contributed by atoms with E-state index in [1.165, 1.54) is 22.3 Å². The van der Waals surface area contributed by atoms with Crippen LogP contribution in [0.25, 0.3) is 0 Å². The average Bonchev–Trinajstić information content (AvgIpc) is 3.17. The van der Waals surface area contributed by atoms with E-state index in [1.807, 2.05) is 0 Å². The Morgan fingerprint density at radius 2 is 1.67 bits per heavy atom. The molecule has 5 nitrogen and oxygen atoms in total. The normalized spacial score (nSPS) is 18.5. The molecular formula is C19H23NO4. The van der Waals surface area contributed by atoms with E-state index in [2.05, 4.69) is 11.4 Å². The smallest absolute Gasteiger partial charge is 0.412 e. The standard InChI is InChI=1S/C19H23NO4/c21-17(24-14-6-3-7-14)11-23-19(22)20-18-15-8-1-4-12(15)10-13-5-2-9-16(13)18/h10,14H,1-9,11H2,(H,20,22). The van der Waals surface area contributed by atoms with Crippen LogP contribution in [-0.4, -0.2) is 24.8 Å². The topological polar surface area (TPSA) is 64.6 Å². The lowest BCUT2D eigenvalue weighted by Crippen LogP contribution is -2.28. The van der Waals surface area contributed by atoms with E-state index in [4.69, 9.17) is 9.47 Å². The fourth-order valence-electron chi connectivity index (χ4n) is 3.94. The summed E-state index contributed by atoms with van der Waals surface area (Å²) in [5.74, 6) is -0.460. The highest BCUT2D eigenvalue weighted by Gasteiger charge is 2.26. The molecule has 24 heavy (non-hydrogen) atoms. The Hall–Kier alpha value is -2.04. The molecule has 0 heterocycles. The number of aryl methyl sites for hydroxylation is 2. The maximum absolute atomic E-state index is 12.1. The van der Waals surface area contributed by atoms with Crippen LogP contribution in [0.4, 0.5) is 10.5 Å². The fourth-order valence-corrected chi connectivity index (χ4v) is 3.94. The molecule has 1 saturated carbocycles. The van der Waals surface area contributed by atoms with E-state index < -0.39 is 12.1 Å². The summed E-state index contributed by atoms with van der Waals surface area (Å²) >= 11 is 0. The van der Waals surface area contributed by atoms with Gasteiger partial charge in [-0.25, -0.2) is 9.59 Å². The third kappa shape index (κ3) is 2.99. The van der Waals surface area contributed by atoms with E-state index >= 15 is 0 Å². The molecule has 0 radical (unpaired) electrons. The van der Waals surface area contributed by atoms with Crippen molar-refractivity contribution in [1.82, 2.24) is 0 Å². The summed E-state index contributed by atoms with van der Waals surface area (Å²) in [6.07, 6.45) is 8.83. The number of anilines is 1. The Morgan fingerprint density at radius 1 is 1.00 bits per heavy atom. The number of nitrogens with one attached hydrogen (secondary N) is 1. The van der Waals surface area contributed by atoms with Crippen molar-refractivity contribution >= 4 is 17.7 Å². The second kappa shape index (κ2) is 6.46. The third-order valence-corrected chi connectivity index (χ3v) is 5.37. The predicted octanol–water partition coefficient (Wildman–Crippen LogP) is 3.31. The molecule has 0 atom stereocenters. The quantitative estimate of drug-likeness (QED) is 0.861. The van der Waals surface area contributed by atoms with Gasteiger partial charge in [0.2, 0.25) is 0 Å². The van der Waals surface area contributed by atoms with Crippen molar-refractivity contribution in [3.05, 3.63) is 28.3 Å².